The Bertz CT molecular complexity index is 1950. The molecule has 2 amide bonds. The molecule has 0 radical (unpaired) electrons. The third-order valence-electron chi connectivity index (χ3n) is 10.1. The van der Waals surface area contributed by atoms with Crippen LogP contribution in [-0.2, 0) is 33.1 Å². The van der Waals surface area contributed by atoms with Crippen molar-refractivity contribution in [3.05, 3.63) is 82.8 Å². The number of hydroxylamine groups is 1. The van der Waals surface area contributed by atoms with Crippen LogP contribution >= 0.6 is 0 Å². The molecule has 1 aliphatic carbocycles. The molecule has 3 aromatic rings. The minimum atomic E-state index is -5.03. The topological polar surface area (TPSA) is 134 Å². The fraction of sp³-hybridized carbons (Fsp3) is 0.429. The first-order chi connectivity index (χ1) is 25.4. The second-order valence-electron chi connectivity index (χ2n) is 13.3. The van der Waals surface area contributed by atoms with Gasteiger partial charge in [0.1, 0.15) is 24.2 Å². The molecule has 1 aromatic heterocycles. The number of nitrogens with two attached hydrogens (primary N) is 1. The third kappa shape index (κ3) is 7.43. The lowest BCUT2D eigenvalue weighted by molar-refractivity contribution is -0.171. The van der Waals surface area contributed by atoms with Gasteiger partial charge in [0.05, 0.1) is 35.7 Å². The number of hydrogen-bond acceptors (Lipinski definition) is 9. The van der Waals surface area contributed by atoms with Crippen LogP contribution in [-0.4, -0.2) is 82.1 Å². The number of primary amides is 1. The van der Waals surface area contributed by atoms with Crippen LogP contribution in [0.1, 0.15) is 36.6 Å². The number of hydrogen-bond donors (Lipinski definition) is 2. The highest BCUT2D eigenvalue weighted by molar-refractivity contribution is 6.18. The normalized spacial score (nSPS) is 22.6. The van der Waals surface area contributed by atoms with E-state index in [0.717, 1.165) is 17.2 Å². The first-order valence-corrected chi connectivity index (χ1v) is 16.8. The van der Waals surface area contributed by atoms with Gasteiger partial charge < -0.3 is 15.2 Å². The quantitative estimate of drug-likeness (QED) is 0.163. The van der Waals surface area contributed by atoms with Crippen LogP contribution in [0.3, 0.4) is 0 Å². The molecular weight excluding hydrogens is 736 g/mol. The van der Waals surface area contributed by atoms with E-state index in [4.69, 9.17) is 15.2 Å². The number of alkyl halides is 6. The van der Waals surface area contributed by atoms with E-state index in [1.807, 2.05) is 4.90 Å². The predicted octanol–water partition coefficient (Wildman–Crippen LogP) is 5.56. The first kappa shape index (κ1) is 38.8. The van der Waals surface area contributed by atoms with Crippen molar-refractivity contribution < 1.29 is 59.4 Å². The maximum Gasteiger partial charge on any atom is 0.433 e. The summed E-state index contributed by atoms with van der Waals surface area (Å²) in [6.45, 7) is 4.60. The predicted molar refractivity (Wildman–Crippen MR) is 173 cm³/mol. The van der Waals surface area contributed by atoms with Crippen molar-refractivity contribution >= 4 is 17.5 Å². The van der Waals surface area contributed by atoms with Crippen LogP contribution in [0.4, 0.5) is 40.8 Å². The number of hydrazine groups is 1. The van der Waals surface area contributed by atoms with E-state index in [2.05, 4.69) is 9.97 Å². The Kier molecular flexibility index (Phi) is 10.6. The van der Waals surface area contributed by atoms with Gasteiger partial charge in [-0.15, -0.1) is 5.17 Å². The van der Waals surface area contributed by atoms with E-state index < -0.39 is 87.0 Å². The lowest BCUT2D eigenvalue weighted by Gasteiger charge is -2.51. The molecule has 2 aliphatic heterocycles. The summed E-state index contributed by atoms with van der Waals surface area (Å²) in [5.41, 5.74) is -1.61. The molecule has 2 fully saturated rings. The molecule has 54 heavy (non-hydrogen) atoms. The molecule has 3 unspecified atom stereocenters. The fourth-order valence-corrected chi connectivity index (χ4v) is 7.36. The minimum absolute atomic E-state index is 0.0369. The molecule has 1 saturated heterocycles. The van der Waals surface area contributed by atoms with Crippen molar-refractivity contribution in [1.29, 1.82) is 0 Å². The smallest absolute Gasteiger partial charge is 0.433 e. The third-order valence-corrected chi connectivity index (χ3v) is 10.1. The lowest BCUT2D eigenvalue weighted by atomic mass is 9.76. The Morgan fingerprint density at radius 1 is 1.04 bits per heavy atom. The standard InChI is InChI=1S/C35H34F8N6O5/c1-19-6-7-33(24(19)14-20-2-5-27(30(37)29(20)36)54-13-10-47-8-11-53-12-9-47)17-23(31(44)50)32(51)49(52)48(33)26-4-3-21(34(38,39)40)15-22(26)25-16-28(35(41,42)43)46-18-45-25/h2-5,15-19,24,52H,6-14H2,1H3,(H2,44,50). The van der Waals surface area contributed by atoms with Gasteiger partial charge in [0, 0.05) is 25.2 Å². The van der Waals surface area contributed by atoms with Crippen LogP contribution in [0, 0.1) is 23.5 Å². The zero-order valence-electron chi connectivity index (χ0n) is 28.6. The monoisotopic (exact) mass is 770 g/mol. The lowest BCUT2D eigenvalue weighted by Crippen LogP contribution is -2.64. The number of aromatic nitrogens is 2. The average molecular weight is 771 g/mol. The van der Waals surface area contributed by atoms with Crippen molar-refractivity contribution in [3.63, 3.8) is 0 Å². The number of ether oxygens (including phenoxy) is 2. The van der Waals surface area contributed by atoms with Crippen LogP contribution in [0.25, 0.3) is 11.3 Å². The molecule has 3 N–H and O–H groups in total. The Labute approximate surface area is 302 Å². The molecule has 1 saturated carbocycles. The summed E-state index contributed by atoms with van der Waals surface area (Å²) in [7, 11) is 0. The van der Waals surface area contributed by atoms with Crippen LogP contribution < -0.4 is 15.5 Å². The molecule has 0 bridgehead atoms. The summed E-state index contributed by atoms with van der Waals surface area (Å²) in [4.78, 5) is 34.9. The summed E-state index contributed by atoms with van der Waals surface area (Å²) in [6, 6.07) is 4.85. The first-order valence-electron chi connectivity index (χ1n) is 16.8. The number of carbonyl (C=O) groups excluding carboxylic acids is 2. The van der Waals surface area contributed by atoms with Crippen molar-refractivity contribution in [2.75, 3.05) is 44.5 Å². The number of benzene rings is 2. The van der Waals surface area contributed by atoms with E-state index in [9.17, 15) is 41.1 Å². The molecule has 290 valence electrons. The zero-order valence-corrected chi connectivity index (χ0v) is 28.6. The van der Waals surface area contributed by atoms with Gasteiger partial charge in [-0.2, -0.15) is 30.7 Å². The Balaban J connectivity index is 1.45. The fourth-order valence-electron chi connectivity index (χ4n) is 7.36. The van der Waals surface area contributed by atoms with Gasteiger partial charge in [0.15, 0.2) is 11.6 Å². The number of carbonyl (C=O) groups is 2. The molecule has 1 spiro atoms. The zero-order chi connectivity index (χ0) is 39.2. The molecule has 3 aliphatic rings. The summed E-state index contributed by atoms with van der Waals surface area (Å²) >= 11 is 0. The molecule has 3 atom stereocenters. The summed E-state index contributed by atoms with van der Waals surface area (Å²) in [5.74, 6) is -6.93. The van der Waals surface area contributed by atoms with Crippen molar-refractivity contribution in [2.24, 2.45) is 17.6 Å². The van der Waals surface area contributed by atoms with Gasteiger partial charge in [0.2, 0.25) is 5.82 Å². The molecule has 3 heterocycles. The molecular formula is C35H34F8N6O5. The number of amides is 2. The van der Waals surface area contributed by atoms with Gasteiger partial charge >= 0.3 is 18.3 Å². The van der Waals surface area contributed by atoms with Crippen LogP contribution in [0.2, 0.25) is 0 Å². The summed E-state index contributed by atoms with van der Waals surface area (Å²) in [6.07, 6.45) is -8.48. The SMILES string of the molecule is CC1CCC2(C=C(C(N)=O)C(=O)N(O)N2c2ccc(C(F)(F)F)cc2-c2cc(C(F)(F)F)ncn2)C1Cc1ccc(OCCN2CCOCC2)c(F)c1F. The van der Waals surface area contributed by atoms with Gasteiger partial charge in [-0.3, -0.25) is 19.7 Å². The second-order valence-corrected chi connectivity index (χ2v) is 13.3. The number of rotatable bonds is 9. The summed E-state index contributed by atoms with van der Waals surface area (Å²) < 4.78 is 125. The number of anilines is 1. The second kappa shape index (κ2) is 14.7. The van der Waals surface area contributed by atoms with Crippen molar-refractivity contribution in [2.45, 2.75) is 44.1 Å². The van der Waals surface area contributed by atoms with Gasteiger partial charge in [0.25, 0.3) is 5.91 Å². The molecule has 6 rings (SSSR count). The minimum Gasteiger partial charge on any atom is -0.489 e. The van der Waals surface area contributed by atoms with Crippen molar-refractivity contribution in [3.8, 4) is 17.0 Å². The van der Waals surface area contributed by atoms with E-state index >= 15 is 8.78 Å². The Hall–Kier alpha value is -4.88. The van der Waals surface area contributed by atoms with E-state index in [1.165, 1.54) is 12.1 Å². The van der Waals surface area contributed by atoms with Crippen molar-refractivity contribution in [1.82, 2.24) is 20.0 Å². The molecule has 2 aromatic carbocycles. The number of nitrogens with zero attached hydrogens (tertiary/aromatic N) is 5. The molecule has 19 heteroatoms. The number of halogens is 8. The average Bonchev–Trinajstić information content (AvgIpc) is 3.43. The van der Waals surface area contributed by atoms with Crippen LogP contribution in [0.15, 0.2) is 54.4 Å². The largest absolute Gasteiger partial charge is 0.489 e. The highest BCUT2D eigenvalue weighted by Crippen LogP contribution is 2.53. The van der Waals surface area contributed by atoms with Crippen LogP contribution in [0.5, 0.6) is 5.75 Å². The highest BCUT2D eigenvalue weighted by Gasteiger charge is 2.56. The highest BCUT2D eigenvalue weighted by atomic mass is 19.4. The van der Waals surface area contributed by atoms with E-state index in [0.29, 0.717) is 57.4 Å². The maximum absolute atomic E-state index is 15.8. The summed E-state index contributed by atoms with van der Waals surface area (Å²) in [5, 5.41) is 12.3. The van der Waals surface area contributed by atoms with Gasteiger partial charge in [-0.05, 0) is 73.1 Å². The Morgan fingerprint density at radius 2 is 1.76 bits per heavy atom. The van der Waals surface area contributed by atoms with Gasteiger partial charge in [-0.1, -0.05) is 13.0 Å². The van der Waals surface area contributed by atoms with E-state index in [1.54, 1.807) is 6.92 Å². The van der Waals surface area contributed by atoms with E-state index in [-0.39, 0.29) is 42.4 Å². The molecule has 11 nitrogen and oxygen atoms in total. The number of morpholine rings is 1. The van der Waals surface area contributed by atoms with Gasteiger partial charge in [-0.25, -0.2) is 19.4 Å². The maximum atomic E-state index is 15.8. The Morgan fingerprint density at radius 3 is 2.43 bits per heavy atom.